The van der Waals surface area contributed by atoms with Gasteiger partial charge in [0.05, 0.1) is 31.3 Å². The molecule has 0 radical (unpaired) electrons. The summed E-state index contributed by atoms with van der Waals surface area (Å²) in [5.41, 5.74) is 5.61. The Bertz CT molecular complexity index is 177. The molecule has 0 aliphatic carbocycles. The SMILES string of the molecule is CO[C@@H]1O[C@@H](CO)[C@@H](N)[C@@H](O)[C@H]1CO. The van der Waals surface area contributed by atoms with E-state index in [9.17, 15) is 5.11 Å². The van der Waals surface area contributed by atoms with E-state index in [0.717, 1.165) is 0 Å². The molecule has 0 amide bonds. The summed E-state index contributed by atoms with van der Waals surface area (Å²) in [5.74, 6) is -0.571. The van der Waals surface area contributed by atoms with Gasteiger partial charge in [0.1, 0.15) is 6.10 Å². The van der Waals surface area contributed by atoms with E-state index >= 15 is 0 Å². The highest BCUT2D eigenvalue weighted by Crippen LogP contribution is 2.25. The maximum atomic E-state index is 9.68. The van der Waals surface area contributed by atoms with Crippen molar-refractivity contribution in [2.45, 2.75) is 24.5 Å². The van der Waals surface area contributed by atoms with Crippen molar-refractivity contribution < 1.29 is 24.8 Å². The molecule has 0 saturated carbocycles. The monoisotopic (exact) mass is 207 g/mol. The van der Waals surface area contributed by atoms with Crippen molar-refractivity contribution in [3.8, 4) is 0 Å². The molecule has 0 aromatic rings. The summed E-state index contributed by atoms with van der Waals surface area (Å²) in [6.07, 6.45) is -2.32. The van der Waals surface area contributed by atoms with Gasteiger partial charge in [0, 0.05) is 7.11 Å². The van der Waals surface area contributed by atoms with Crippen LogP contribution in [0.4, 0.5) is 0 Å². The smallest absolute Gasteiger partial charge is 0.165 e. The second-order valence-corrected chi connectivity index (χ2v) is 3.38. The summed E-state index contributed by atoms with van der Waals surface area (Å²) in [5, 5.41) is 27.6. The van der Waals surface area contributed by atoms with Crippen molar-refractivity contribution >= 4 is 0 Å². The molecule has 5 N–H and O–H groups in total. The van der Waals surface area contributed by atoms with Crippen molar-refractivity contribution in [2.24, 2.45) is 11.7 Å². The largest absolute Gasteiger partial charge is 0.396 e. The van der Waals surface area contributed by atoms with Gasteiger partial charge in [-0.3, -0.25) is 0 Å². The predicted octanol–water partition coefficient (Wildman–Crippen LogP) is -2.35. The van der Waals surface area contributed by atoms with E-state index < -0.39 is 30.5 Å². The topological polar surface area (TPSA) is 105 Å². The minimum atomic E-state index is -0.934. The summed E-state index contributed by atoms with van der Waals surface area (Å²) < 4.78 is 10.2. The Morgan fingerprint density at radius 2 is 2.00 bits per heavy atom. The van der Waals surface area contributed by atoms with Gasteiger partial charge in [0.15, 0.2) is 6.29 Å². The molecule has 6 heteroatoms. The number of methoxy groups -OCH3 is 1. The maximum absolute atomic E-state index is 9.68. The second-order valence-electron chi connectivity index (χ2n) is 3.38. The lowest BCUT2D eigenvalue weighted by Gasteiger charge is -2.41. The molecule has 1 heterocycles. The van der Waals surface area contributed by atoms with Crippen LogP contribution in [0.5, 0.6) is 0 Å². The third-order valence-electron chi connectivity index (χ3n) is 2.54. The second kappa shape index (κ2) is 5.01. The first-order valence-electron chi connectivity index (χ1n) is 4.49. The Kier molecular flexibility index (Phi) is 4.24. The highest BCUT2D eigenvalue weighted by molar-refractivity contribution is 4.91. The minimum Gasteiger partial charge on any atom is -0.396 e. The molecule has 5 atom stereocenters. The van der Waals surface area contributed by atoms with Crippen molar-refractivity contribution in [3.63, 3.8) is 0 Å². The van der Waals surface area contributed by atoms with Crippen LogP contribution in [0.25, 0.3) is 0 Å². The molecule has 1 aliphatic heterocycles. The van der Waals surface area contributed by atoms with Gasteiger partial charge in [-0.2, -0.15) is 0 Å². The van der Waals surface area contributed by atoms with Crippen LogP contribution in [0.15, 0.2) is 0 Å². The Morgan fingerprint density at radius 3 is 2.43 bits per heavy atom. The van der Waals surface area contributed by atoms with E-state index in [1.54, 1.807) is 0 Å². The average molecular weight is 207 g/mol. The highest BCUT2D eigenvalue weighted by atomic mass is 16.7. The van der Waals surface area contributed by atoms with Gasteiger partial charge in [-0.25, -0.2) is 0 Å². The lowest BCUT2D eigenvalue weighted by Crippen LogP contribution is -2.60. The summed E-state index contributed by atoms with van der Waals surface area (Å²) in [6.45, 7) is -0.554. The molecule has 0 spiro atoms. The molecule has 1 rings (SSSR count). The molecule has 0 aromatic carbocycles. The number of aliphatic hydroxyl groups is 3. The fourth-order valence-electron chi connectivity index (χ4n) is 1.62. The molecule has 6 nitrogen and oxygen atoms in total. The standard InChI is InChI=1S/C8H17NO5/c1-13-8-4(2-10)7(12)6(9)5(3-11)14-8/h4-8,10-12H,2-3,9H2,1H3/t4-,5+,6-,7+,8-/m1/s1. The zero-order valence-electron chi connectivity index (χ0n) is 8.04. The Balaban J connectivity index is 2.71. The van der Waals surface area contributed by atoms with Gasteiger partial charge < -0.3 is 30.5 Å². The first-order valence-corrected chi connectivity index (χ1v) is 4.49. The van der Waals surface area contributed by atoms with Crippen LogP contribution >= 0.6 is 0 Å². The van der Waals surface area contributed by atoms with E-state index in [1.165, 1.54) is 7.11 Å². The normalized spacial score (nSPS) is 43.9. The zero-order chi connectivity index (χ0) is 10.7. The van der Waals surface area contributed by atoms with Crippen LogP contribution in [0.1, 0.15) is 0 Å². The number of aliphatic hydroxyl groups excluding tert-OH is 3. The molecule has 0 bridgehead atoms. The molecule has 84 valence electrons. The number of ether oxygens (including phenoxy) is 2. The van der Waals surface area contributed by atoms with Crippen molar-refractivity contribution in [1.29, 1.82) is 0 Å². The Labute approximate surface area is 82.2 Å². The molecular formula is C8H17NO5. The van der Waals surface area contributed by atoms with E-state index in [1.807, 2.05) is 0 Å². The summed E-state index contributed by atoms with van der Waals surface area (Å²) >= 11 is 0. The van der Waals surface area contributed by atoms with E-state index in [0.29, 0.717) is 0 Å². The van der Waals surface area contributed by atoms with Gasteiger partial charge in [-0.05, 0) is 0 Å². The third kappa shape index (κ3) is 2.05. The van der Waals surface area contributed by atoms with Crippen LogP contribution in [0.2, 0.25) is 0 Å². The van der Waals surface area contributed by atoms with Gasteiger partial charge in [-0.1, -0.05) is 0 Å². The van der Waals surface area contributed by atoms with E-state index in [-0.39, 0.29) is 13.2 Å². The fraction of sp³-hybridized carbons (Fsp3) is 1.00. The minimum absolute atomic E-state index is 0.272. The lowest BCUT2D eigenvalue weighted by molar-refractivity contribution is -0.255. The number of nitrogens with two attached hydrogens (primary N) is 1. The lowest BCUT2D eigenvalue weighted by atomic mass is 9.90. The quantitative estimate of drug-likeness (QED) is 0.413. The van der Waals surface area contributed by atoms with Crippen molar-refractivity contribution in [2.75, 3.05) is 20.3 Å². The molecule has 14 heavy (non-hydrogen) atoms. The van der Waals surface area contributed by atoms with Gasteiger partial charge >= 0.3 is 0 Å². The first kappa shape index (κ1) is 11.8. The average Bonchev–Trinajstić information content (AvgIpc) is 2.21. The Hall–Kier alpha value is -0.240. The molecule has 0 aromatic heterocycles. The molecule has 0 unspecified atom stereocenters. The van der Waals surface area contributed by atoms with Crippen LogP contribution in [0.3, 0.4) is 0 Å². The van der Waals surface area contributed by atoms with Crippen LogP contribution < -0.4 is 5.73 Å². The summed E-state index contributed by atoms with van der Waals surface area (Å²) in [6, 6.07) is -0.705. The number of hydrogen-bond donors (Lipinski definition) is 4. The predicted molar refractivity (Wildman–Crippen MR) is 47.3 cm³/mol. The fourth-order valence-corrected chi connectivity index (χ4v) is 1.62. The molecule has 1 saturated heterocycles. The van der Waals surface area contributed by atoms with Gasteiger partial charge in [0.25, 0.3) is 0 Å². The number of rotatable bonds is 3. The van der Waals surface area contributed by atoms with Crippen LogP contribution in [0, 0.1) is 5.92 Å². The summed E-state index contributed by atoms with van der Waals surface area (Å²) in [7, 11) is 1.41. The van der Waals surface area contributed by atoms with Crippen LogP contribution in [-0.2, 0) is 9.47 Å². The van der Waals surface area contributed by atoms with E-state index in [2.05, 4.69) is 0 Å². The number of hydrogen-bond acceptors (Lipinski definition) is 6. The third-order valence-corrected chi connectivity index (χ3v) is 2.54. The van der Waals surface area contributed by atoms with Crippen molar-refractivity contribution in [3.05, 3.63) is 0 Å². The summed E-state index contributed by atoms with van der Waals surface area (Å²) in [4.78, 5) is 0. The van der Waals surface area contributed by atoms with Crippen LogP contribution in [-0.4, -0.2) is 60.2 Å². The molecule has 1 aliphatic rings. The van der Waals surface area contributed by atoms with Gasteiger partial charge in [-0.15, -0.1) is 0 Å². The Morgan fingerprint density at radius 1 is 1.36 bits per heavy atom. The highest BCUT2D eigenvalue weighted by Gasteiger charge is 2.42. The van der Waals surface area contributed by atoms with Crippen molar-refractivity contribution in [1.82, 2.24) is 0 Å². The molecule has 1 fully saturated rings. The maximum Gasteiger partial charge on any atom is 0.165 e. The van der Waals surface area contributed by atoms with E-state index in [4.69, 9.17) is 25.4 Å². The molecular weight excluding hydrogens is 190 g/mol. The zero-order valence-corrected chi connectivity index (χ0v) is 8.04. The van der Waals surface area contributed by atoms with Gasteiger partial charge in [0.2, 0.25) is 0 Å². The first-order chi connectivity index (χ1) is 6.65.